The van der Waals surface area contributed by atoms with Gasteiger partial charge in [0.1, 0.15) is 23.0 Å². The molecule has 0 spiro atoms. The normalized spacial score (nSPS) is 18.7. The highest BCUT2D eigenvalue weighted by molar-refractivity contribution is 14.1. The standard InChI is InChI=1S/C12H13IO5/c1-7-2-3-8-9(6-7)11(14)18-10(8)12(15,16)4-5-17-13/h2-3,6,10,15-16H,4-5H2,1H3. The molecule has 1 aliphatic heterocycles. The first-order valence-corrected chi connectivity index (χ1v) is 6.33. The number of carbonyl (C=O) groups is 1. The second-order valence-electron chi connectivity index (χ2n) is 4.32. The Hall–Kier alpha value is -0.700. The van der Waals surface area contributed by atoms with E-state index in [0.717, 1.165) is 5.56 Å². The lowest BCUT2D eigenvalue weighted by Gasteiger charge is -2.27. The van der Waals surface area contributed by atoms with Crippen LogP contribution >= 0.6 is 23.0 Å². The first kappa shape index (κ1) is 13.7. The van der Waals surface area contributed by atoms with Gasteiger partial charge in [-0.25, -0.2) is 4.79 Å². The fourth-order valence-electron chi connectivity index (χ4n) is 1.97. The Labute approximate surface area is 118 Å². The van der Waals surface area contributed by atoms with E-state index in [9.17, 15) is 15.0 Å². The predicted molar refractivity (Wildman–Crippen MR) is 71.1 cm³/mol. The van der Waals surface area contributed by atoms with Crippen LogP contribution in [0.2, 0.25) is 0 Å². The van der Waals surface area contributed by atoms with Gasteiger partial charge in [-0.2, -0.15) is 0 Å². The van der Waals surface area contributed by atoms with Crippen LogP contribution in [0.5, 0.6) is 0 Å². The molecule has 1 unspecified atom stereocenters. The molecule has 98 valence electrons. The summed E-state index contributed by atoms with van der Waals surface area (Å²) in [5, 5.41) is 19.9. The van der Waals surface area contributed by atoms with Gasteiger partial charge in [0.25, 0.3) is 0 Å². The summed E-state index contributed by atoms with van der Waals surface area (Å²) < 4.78 is 9.83. The Bertz CT molecular complexity index is 472. The first-order valence-electron chi connectivity index (χ1n) is 5.45. The van der Waals surface area contributed by atoms with Crippen LogP contribution < -0.4 is 0 Å². The second kappa shape index (κ2) is 5.12. The number of rotatable bonds is 4. The molecule has 1 heterocycles. The van der Waals surface area contributed by atoms with Gasteiger partial charge >= 0.3 is 5.97 Å². The van der Waals surface area contributed by atoms with Crippen LogP contribution in [0.15, 0.2) is 18.2 Å². The molecule has 1 aliphatic rings. The monoisotopic (exact) mass is 364 g/mol. The molecule has 0 aliphatic carbocycles. The maximum Gasteiger partial charge on any atom is 0.339 e. The number of carbonyl (C=O) groups excluding carboxylic acids is 1. The van der Waals surface area contributed by atoms with Crippen molar-refractivity contribution < 1.29 is 22.8 Å². The Morgan fingerprint density at radius 1 is 1.50 bits per heavy atom. The fourth-order valence-corrected chi connectivity index (χ4v) is 2.19. The summed E-state index contributed by atoms with van der Waals surface area (Å²) in [6.45, 7) is 2.01. The van der Waals surface area contributed by atoms with Crippen molar-refractivity contribution in [3.05, 3.63) is 34.9 Å². The van der Waals surface area contributed by atoms with Crippen LogP contribution in [-0.2, 0) is 7.80 Å². The zero-order valence-corrected chi connectivity index (χ0v) is 11.9. The molecule has 1 aromatic carbocycles. The van der Waals surface area contributed by atoms with Gasteiger partial charge in [-0.05, 0) is 13.0 Å². The number of hydrogen-bond acceptors (Lipinski definition) is 5. The van der Waals surface area contributed by atoms with E-state index in [1.165, 1.54) is 0 Å². The third-order valence-electron chi connectivity index (χ3n) is 2.90. The number of aliphatic hydroxyl groups is 2. The highest BCUT2D eigenvalue weighted by atomic mass is 127. The summed E-state index contributed by atoms with van der Waals surface area (Å²) in [4.78, 5) is 11.7. The minimum absolute atomic E-state index is 0.0405. The topological polar surface area (TPSA) is 76.0 Å². The summed E-state index contributed by atoms with van der Waals surface area (Å²) in [7, 11) is 0. The number of halogens is 1. The lowest BCUT2D eigenvalue weighted by molar-refractivity contribution is -0.229. The summed E-state index contributed by atoms with van der Waals surface area (Å²) in [6, 6.07) is 5.17. The zero-order valence-electron chi connectivity index (χ0n) is 9.72. The minimum Gasteiger partial charge on any atom is -0.448 e. The van der Waals surface area contributed by atoms with Gasteiger partial charge in [0.15, 0.2) is 6.10 Å². The largest absolute Gasteiger partial charge is 0.448 e. The molecule has 2 N–H and O–H groups in total. The van der Waals surface area contributed by atoms with Crippen LogP contribution in [-0.4, -0.2) is 28.6 Å². The Morgan fingerprint density at radius 2 is 2.22 bits per heavy atom. The molecule has 1 atom stereocenters. The number of esters is 1. The van der Waals surface area contributed by atoms with E-state index in [4.69, 9.17) is 7.80 Å². The van der Waals surface area contributed by atoms with Gasteiger partial charge in [-0.3, -0.25) is 0 Å². The molecule has 1 aromatic rings. The van der Waals surface area contributed by atoms with Crippen molar-refractivity contribution in [1.29, 1.82) is 0 Å². The Kier molecular flexibility index (Phi) is 3.90. The van der Waals surface area contributed by atoms with Crippen molar-refractivity contribution in [2.75, 3.05) is 6.61 Å². The molecule has 0 amide bonds. The van der Waals surface area contributed by atoms with E-state index < -0.39 is 17.9 Å². The van der Waals surface area contributed by atoms with Gasteiger partial charge < -0.3 is 18.0 Å². The molecule has 0 radical (unpaired) electrons. The van der Waals surface area contributed by atoms with E-state index in [-0.39, 0.29) is 13.0 Å². The molecule has 2 rings (SSSR count). The summed E-state index contributed by atoms with van der Waals surface area (Å²) in [5.74, 6) is -2.65. The average Bonchev–Trinajstić information content (AvgIpc) is 2.65. The molecule has 0 aromatic heterocycles. The van der Waals surface area contributed by atoms with Gasteiger partial charge in [-0.1, -0.05) is 17.7 Å². The molecule has 0 bridgehead atoms. The van der Waals surface area contributed by atoms with Crippen LogP contribution in [0.1, 0.15) is 34.0 Å². The van der Waals surface area contributed by atoms with Gasteiger partial charge in [0.2, 0.25) is 5.79 Å². The minimum atomic E-state index is -2.12. The molecule has 5 nitrogen and oxygen atoms in total. The quantitative estimate of drug-likeness (QED) is 0.483. The number of fused-ring (bicyclic) bond motifs is 1. The van der Waals surface area contributed by atoms with Crippen molar-refractivity contribution in [3.8, 4) is 0 Å². The molecule has 0 saturated carbocycles. The van der Waals surface area contributed by atoms with Crippen molar-refractivity contribution in [3.63, 3.8) is 0 Å². The average molecular weight is 364 g/mol. The van der Waals surface area contributed by atoms with Crippen LogP contribution in [0, 0.1) is 6.92 Å². The van der Waals surface area contributed by atoms with E-state index in [1.807, 2.05) is 6.92 Å². The van der Waals surface area contributed by atoms with Crippen molar-refractivity contribution in [1.82, 2.24) is 0 Å². The maximum atomic E-state index is 11.7. The van der Waals surface area contributed by atoms with E-state index in [0.29, 0.717) is 11.1 Å². The Balaban J connectivity index is 2.31. The van der Waals surface area contributed by atoms with Crippen molar-refractivity contribution in [2.24, 2.45) is 0 Å². The highest BCUT2D eigenvalue weighted by Crippen LogP contribution is 2.39. The van der Waals surface area contributed by atoms with E-state index in [1.54, 1.807) is 41.2 Å². The van der Waals surface area contributed by atoms with Gasteiger partial charge in [0.05, 0.1) is 12.2 Å². The first-order chi connectivity index (χ1) is 8.45. The zero-order chi connectivity index (χ0) is 13.3. The predicted octanol–water partition coefficient (Wildman–Crippen LogP) is 1.64. The molecule has 6 heteroatoms. The molecule has 0 saturated heterocycles. The van der Waals surface area contributed by atoms with E-state index in [2.05, 4.69) is 0 Å². The smallest absolute Gasteiger partial charge is 0.339 e. The van der Waals surface area contributed by atoms with Crippen LogP contribution in [0.25, 0.3) is 0 Å². The number of aryl methyl sites for hydroxylation is 1. The Morgan fingerprint density at radius 3 is 2.89 bits per heavy atom. The second-order valence-corrected chi connectivity index (χ2v) is 4.94. The highest BCUT2D eigenvalue weighted by Gasteiger charge is 2.45. The third kappa shape index (κ3) is 2.51. The summed E-state index contributed by atoms with van der Waals surface area (Å²) >= 11 is 1.67. The summed E-state index contributed by atoms with van der Waals surface area (Å²) in [5.41, 5.74) is 1.82. The fraction of sp³-hybridized carbons (Fsp3) is 0.417. The maximum absolute atomic E-state index is 11.7. The third-order valence-corrected chi connectivity index (χ3v) is 3.34. The van der Waals surface area contributed by atoms with Crippen molar-refractivity contribution >= 4 is 29.0 Å². The molecule has 0 fully saturated rings. The van der Waals surface area contributed by atoms with E-state index >= 15 is 0 Å². The number of ether oxygens (including phenoxy) is 1. The molecular formula is C12H13IO5. The molecule has 18 heavy (non-hydrogen) atoms. The number of cyclic esters (lactones) is 1. The lowest BCUT2D eigenvalue weighted by atomic mass is 9.96. The lowest BCUT2D eigenvalue weighted by Crippen LogP contribution is -2.37. The SMILES string of the molecule is Cc1ccc2c(c1)C(=O)OC2C(O)(O)CCOI. The number of hydrogen-bond donors (Lipinski definition) is 2. The van der Waals surface area contributed by atoms with Crippen LogP contribution in [0.3, 0.4) is 0 Å². The van der Waals surface area contributed by atoms with Crippen molar-refractivity contribution in [2.45, 2.75) is 25.2 Å². The number of benzene rings is 1. The van der Waals surface area contributed by atoms with Gasteiger partial charge in [0, 0.05) is 12.0 Å². The van der Waals surface area contributed by atoms with Gasteiger partial charge in [-0.15, -0.1) is 0 Å². The van der Waals surface area contributed by atoms with Crippen LogP contribution in [0.4, 0.5) is 0 Å². The molecular weight excluding hydrogens is 351 g/mol. The summed E-state index contributed by atoms with van der Waals surface area (Å²) in [6.07, 6.45) is -1.10.